The van der Waals surface area contributed by atoms with Crippen LogP contribution in [0.3, 0.4) is 0 Å². The van der Waals surface area contributed by atoms with Gasteiger partial charge in [-0.25, -0.2) is 58.1 Å². The maximum atomic E-state index is 11.6. The van der Waals surface area contributed by atoms with Crippen molar-refractivity contribution in [2.75, 3.05) is 0 Å². The van der Waals surface area contributed by atoms with Crippen molar-refractivity contribution in [3.63, 3.8) is 0 Å². The van der Waals surface area contributed by atoms with Gasteiger partial charge in [0.15, 0.2) is 0 Å². The van der Waals surface area contributed by atoms with Gasteiger partial charge in [0, 0.05) is 13.8 Å². The van der Waals surface area contributed by atoms with Crippen molar-refractivity contribution in [3.05, 3.63) is 0 Å². The standard InChI is InChI=1S/C24H46O4.C20H38O4.C4H6O4/c1-3-5-7-9-11-13-15-17-19-21-23(25)27-28-24(26)22-20-18-16-14-12-10-8-6-4-2;1-3-5-7-9-11-13-15-17-19(21)23-24-20(22)18-16-14-12-10-8-6-4-2;1-3(5)7-8-4(2)6/h3-22H2,1-2H3;3-18H2,1-2H3;1-2H3. The molecule has 0 aromatic rings. The van der Waals surface area contributed by atoms with Crippen LogP contribution in [0.5, 0.6) is 0 Å². The summed E-state index contributed by atoms with van der Waals surface area (Å²) in [6.45, 7) is 11.1. The van der Waals surface area contributed by atoms with Crippen LogP contribution < -0.4 is 0 Å². The van der Waals surface area contributed by atoms with Crippen LogP contribution in [0.15, 0.2) is 0 Å². The molecule has 60 heavy (non-hydrogen) atoms. The summed E-state index contributed by atoms with van der Waals surface area (Å²) in [4.78, 5) is 91.8. The van der Waals surface area contributed by atoms with E-state index in [2.05, 4.69) is 57.0 Å². The lowest BCUT2D eigenvalue weighted by Gasteiger charge is -2.04. The summed E-state index contributed by atoms with van der Waals surface area (Å²) in [5.74, 6) is -3.00. The van der Waals surface area contributed by atoms with Gasteiger partial charge in [0.05, 0.1) is 25.7 Å². The monoisotopic (exact) mass is 859 g/mol. The fourth-order valence-electron chi connectivity index (χ4n) is 6.08. The number of hydrogen-bond acceptors (Lipinski definition) is 12. The van der Waals surface area contributed by atoms with Gasteiger partial charge in [-0.15, -0.1) is 0 Å². The molecule has 12 heteroatoms. The van der Waals surface area contributed by atoms with Gasteiger partial charge in [0.2, 0.25) is 0 Å². The molecule has 0 saturated heterocycles. The molecule has 0 aliphatic carbocycles. The van der Waals surface area contributed by atoms with E-state index in [0.717, 1.165) is 90.9 Å². The maximum absolute atomic E-state index is 11.6. The molecule has 0 aliphatic heterocycles. The zero-order valence-corrected chi connectivity index (χ0v) is 39.4. The lowest BCUT2D eigenvalue weighted by atomic mass is 10.1. The summed E-state index contributed by atoms with van der Waals surface area (Å²) in [5, 5.41) is 0. The minimum absolute atomic E-state index is 0.332. The molecule has 0 heterocycles. The van der Waals surface area contributed by atoms with Crippen LogP contribution in [-0.2, 0) is 58.1 Å². The molecular formula is C48H90O12. The topological polar surface area (TPSA) is 158 Å². The van der Waals surface area contributed by atoms with Gasteiger partial charge in [-0.3, -0.25) is 0 Å². The molecule has 0 amide bonds. The molecule has 0 atom stereocenters. The van der Waals surface area contributed by atoms with Gasteiger partial charge in [-0.1, -0.05) is 207 Å². The van der Waals surface area contributed by atoms with Crippen LogP contribution >= 0.6 is 0 Å². The highest BCUT2D eigenvalue weighted by Gasteiger charge is 2.11. The fraction of sp³-hybridized carbons (Fsp3) is 0.875. The van der Waals surface area contributed by atoms with Gasteiger partial charge in [0.1, 0.15) is 0 Å². The molecule has 0 aromatic heterocycles. The number of unbranched alkanes of at least 4 members (excludes halogenated alkanes) is 28. The zero-order chi connectivity index (χ0) is 45.2. The third-order valence-electron chi connectivity index (χ3n) is 9.67. The average Bonchev–Trinajstić information content (AvgIpc) is 3.22. The molecule has 0 N–H and O–H groups in total. The fourth-order valence-corrected chi connectivity index (χ4v) is 6.08. The molecule has 0 aromatic carbocycles. The maximum Gasteiger partial charge on any atom is 0.355 e. The van der Waals surface area contributed by atoms with Gasteiger partial charge in [-0.2, -0.15) is 0 Å². The van der Waals surface area contributed by atoms with E-state index >= 15 is 0 Å². The molecule has 0 spiro atoms. The molecule has 0 fully saturated rings. The van der Waals surface area contributed by atoms with E-state index < -0.39 is 35.8 Å². The Morgan fingerprint density at radius 3 is 0.533 bits per heavy atom. The molecular weight excluding hydrogens is 769 g/mol. The normalized spacial score (nSPS) is 10.3. The Morgan fingerprint density at radius 2 is 0.383 bits per heavy atom. The Bertz CT molecular complexity index is 922. The third kappa shape index (κ3) is 59.1. The quantitative estimate of drug-likeness (QED) is 0.0334. The van der Waals surface area contributed by atoms with Crippen molar-refractivity contribution >= 4 is 35.8 Å². The van der Waals surface area contributed by atoms with Crippen LogP contribution in [0.25, 0.3) is 0 Å². The predicted octanol–water partition coefficient (Wildman–Crippen LogP) is 14.1. The Morgan fingerprint density at radius 1 is 0.233 bits per heavy atom. The Labute approximate surface area is 365 Å². The lowest BCUT2D eigenvalue weighted by Crippen LogP contribution is -2.11. The second-order valence-electron chi connectivity index (χ2n) is 15.9. The number of carbonyl (C=O) groups is 6. The highest BCUT2D eigenvalue weighted by Crippen LogP contribution is 2.14. The molecule has 0 saturated carbocycles. The summed E-state index contributed by atoms with van der Waals surface area (Å²) in [6.07, 6.45) is 39.1. The van der Waals surface area contributed by atoms with Crippen molar-refractivity contribution in [2.24, 2.45) is 0 Å². The first-order valence-corrected chi connectivity index (χ1v) is 24.2. The first-order valence-electron chi connectivity index (χ1n) is 24.2. The first kappa shape index (κ1) is 61.1. The Hall–Kier alpha value is -3.18. The van der Waals surface area contributed by atoms with Crippen molar-refractivity contribution in [3.8, 4) is 0 Å². The van der Waals surface area contributed by atoms with E-state index in [1.54, 1.807) is 0 Å². The van der Waals surface area contributed by atoms with E-state index in [-0.39, 0.29) is 0 Å². The van der Waals surface area contributed by atoms with E-state index in [1.807, 2.05) is 0 Å². The first-order chi connectivity index (χ1) is 29.0. The van der Waals surface area contributed by atoms with E-state index in [1.165, 1.54) is 128 Å². The lowest BCUT2D eigenvalue weighted by molar-refractivity contribution is -0.259. The minimum Gasteiger partial charge on any atom is -0.248 e. The second-order valence-corrected chi connectivity index (χ2v) is 15.9. The second kappa shape index (κ2) is 52.0. The molecule has 0 bridgehead atoms. The van der Waals surface area contributed by atoms with E-state index in [0.29, 0.717) is 25.7 Å². The van der Waals surface area contributed by atoms with Gasteiger partial charge >= 0.3 is 35.8 Å². The highest BCUT2D eigenvalue weighted by atomic mass is 17.2. The van der Waals surface area contributed by atoms with E-state index in [9.17, 15) is 28.8 Å². The minimum atomic E-state index is -0.639. The van der Waals surface area contributed by atoms with Crippen LogP contribution in [0, 0.1) is 0 Å². The smallest absolute Gasteiger partial charge is 0.248 e. The van der Waals surface area contributed by atoms with Crippen molar-refractivity contribution < 1.29 is 58.1 Å². The van der Waals surface area contributed by atoms with Crippen LogP contribution in [0.2, 0.25) is 0 Å². The molecule has 0 radical (unpaired) electrons. The molecule has 12 nitrogen and oxygen atoms in total. The Balaban J connectivity index is -0.000000922. The van der Waals surface area contributed by atoms with E-state index in [4.69, 9.17) is 0 Å². The number of rotatable bonds is 36. The van der Waals surface area contributed by atoms with Crippen LogP contribution in [-0.4, -0.2) is 35.8 Å². The Kier molecular flexibility index (Phi) is 52.9. The van der Waals surface area contributed by atoms with Gasteiger partial charge in [-0.05, 0) is 25.7 Å². The van der Waals surface area contributed by atoms with Crippen molar-refractivity contribution in [1.82, 2.24) is 0 Å². The van der Waals surface area contributed by atoms with Crippen molar-refractivity contribution in [1.29, 1.82) is 0 Å². The summed E-state index contributed by atoms with van der Waals surface area (Å²) in [6, 6.07) is 0. The number of hydrogen-bond donors (Lipinski definition) is 0. The van der Waals surface area contributed by atoms with Gasteiger partial charge < -0.3 is 0 Å². The summed E-state index contributed by atoms with van der Waals surface area (Å²) >= 11 is 0. The third-order valence-corrected chi connectivity index (χ3v) is 9.67. The zero-order valence-electron chi connectivity index (χ0n) is 39.4. The predicted molar refractivity (Wildman–Crippen MR) is 237 cm³/mol. The van der Waals surface area contributed by atoms with Crippen LogP contribution in [0.1, 0.15) is 273 Å². The molecule has 354 valence electrons. The SMILES string of the molecule is CC(=O)OOC(C)=O.CCCCCCCCCC(=O)OOC(=O)CCCCCCCCC.CCCCCCCCCCCC(=O)OOC(=O)CCCCCCCCCCC. The van der Waals surface area contributed by atoms with Crippen molar-refractivity contribution in [2.45, 2.75) is 273 Å². The summed E-state index contributed by atoms with van der Waals surface area (Å²) in [5.41, 5.74) is 0. The summed E-state index contributed by atoms with van der Waals surface area (Å²) < 4.78 is 0. The molecule has 0 unspecified atom stereocenters. The molecule has 0 rings (SSSR count). The largest absolute Gasteiger partial charge is 0.355 e. The highest BCUT2D eigenvalue weighted by molar-refractivity contribution is 5.73. The van der Waals surface area contributed by atoms with Gasteiger partial charge in [0.25, 0.3) is 0 Å². The average molecular weight is 859 g/mol. The molecule has 0 aliphatic rings. The summed E-state index contributed by atoms with van der Waals surface area (Å²) in [7, 11) is 0. The van der Waals surface area contributed by atoms with Crippen LogP contribution in [0.4, 0.5) is 0 Å². The number of carbonyl (C=O) groups excluding carboxylic acids is 6.